The number of thiazole rings is 1. The van der Waals surface area contributed by atoms with Gasteiger partial charge in [0, 0.05) is 42.5 Å². The van der Waals surface area contributed by atoms with Gasteiger partial charge in [-0.05, 0) is 51.6 Å². The van der Waals surface area contributed by atoms with Gasteiger partial charge in [-0.2, -0.15) is 0 Å². The van der Waals surface area contributed by atoms with Gasteiger partial charge in [-0.25, -0.2) is 4.98 Å². The fourth-order valence-electron chi connectivity index (χ4n) is 3.80. The number of carbonyl (C=O) groups excluding carboxylic acids is 1. The number of nitrogens with zero attached hydrogens (tertiary/aromatic N) is 3. The van der Waals surface area contributed by atoms with Crippen LogP contribution in [0.4, 0.5) is 5.00 Å². The first-order valence-corrected chi connectivity index (χ1v) is 12.3. The molecule has 1 amide bonds. The molecule has 1 aliphatic heterocycles. The van der Waals surface area contributed by atoms with Crippen LogP contribution < -0.4 is 5.32 Å². The number of thiophene rings is 1. The second-order valence-electron chi connectivity index (χ2n) is 8.20. The van der Waals surface area contributed by atoms with Crippen molar-refractivity contribution in [2.75, 3.05) is 32.0 Å². The average molecular weight is 443 g/mol. The predicted octanol–water partition coefficient (Wildman–Crippen LogP) is 5.07. The number of rotatable bonds is 7. The maximum Gasteiger partial charge on any atom is 0.226 e. The van der Waals surface area contributed by atoms with Crippen molar-refractivity contribution in [3.05, 3.63) is 34.7 Å². The topological polar surface area (TPSA) is 48.5 Å². The lowest BCUT2D eigenvalue weighted by Gasteiger charge is -2.30. The average Bonchev–Trinajstić information content (AvgIpc) is 3.31. The van der Waals surface area contributed by atoms with E-state index < -0.39 is 0 Å². The van der Waals surface area contributed by atoms with Gasteiger partial charge in [0.2, 0.25) is 5.91 Å². The first kappa shape index (κ1) is 21.4. The predicted molar refractivity (Wildman–Crippen MR) is 129 cm³/mol. The van der Waals surface area contributed by atoms with E-state index in [4.69, 9.17) is 4.98 Å². The Hall–Kier alpha value is -1.80. The number of para-hydroxylation sites is 1. The zero-order chi connectivity index (χ0) is 21.3. The summed E-state index contributed by atoms with van der Waals surface area (Å²) in [4.78, 5) is 23.7. The molecule has 30 heavy (non-hydrogen) atoms. The minimum Gasteiger partial charge on any atom is -0.317 e. The van der Waals surface area contributed by atoms with Crippen LogP contribution in [0.1, 0.15) is 37.6 Å². The molecule has 7 heteroatoms. The van der Waals surface area contributed by atoms with Gasteiger partial charge in [0.05, 0.1) is 10.2 Å². The summed E-state index contributed by atoms with van der Waals surface area (Å²) >= 11 is 3.46. The van der Waals surface area contributed by atoms with E-state index in [1.54, 1.807) is 22.7 Å². The Labute approximate surface area is 186 Å². The quantitative estimate of drug-likeness (QED) is 0.555. The molecule has 2 aromatic heterocycles. The van der Waals surface area contributed by atoms with Crippen molar-refractivity contribution in [1.29, 1.82) is 0 Å². The lowest BCUT2D eigenvalue weighted by Crippen LogP contribution is -2.35. The van der Waals surface area contributed by atoms with Crippen LogP contribution in [-0.2, 0) is 17.8 Å². The van der Waals surface area contributed by atoms with Crippen molar-refractivity contribution >= 4 is 43.8 Å². The molecule has 0 saturated carbocycles. The number of anilines is 1. The number of nitrogens with one attached hydrogen (secondary N) is 1. The van der Waals surface area contributed by atoms with Crippen LogP contribution >= 0.6 is 22.7 Å². The van der Waals surface area contributed by atoms with Gasteiger partial charge in [-0.1, -0.05) is 19.1 Å². The molecule has 1 aliphatic rings. The van der Waals surface area contributed by atoms with Crippen molar-refractivity contribution in [3.63, 3.8) is 0 Å². The molecule has 0 aliphatic carbocycles. The third kappa shape index (κ3) is 4.44. The van der Waals surface area contributed by atoms with Crippen molar-refractivity contribution in [1.82, 2.24) is 14.8 Å². The number of carbonyl (C=O) groups is 1. The standard InChI is InChI=1S/C23H30N4OS2/c1-5-26(4)12-11-20(28)25-23-21(22-24-17-8-6-7-9-18(17)29-22)16-10-13-27(15(2)3)14-19(16)30-23/h6-9,15H,5,10-14H2,1-4H3,(H,25,28). The zero-order valence-electron chi connectivity index (χ0n) is 18.2. The summed E-state index contributed by atoms with van der Waals surface area (Å²) in [6, 6.07) is 8.79. The number of hydrogen-bond acceptors (Lipinski definition) is 6. The van der Waals surface area contributed by atoms with Crippen LogP contribution in [0.5, 0.6) is 0 Å². The molecule has 1 N–H and O–H groups in total. The van der Waals surface area contributed by atoms with Gasteiger partial charge in [-0.3, -0.25) is 9.69 Å². The summed E-state index contributed by atoms with van der Waals surface area (Å²) < 4.78 is 1.19. The van der Waals surface area contributed by atoms with Gasteiger partial charge in [-0.15, -0.1) is 22.7 Å². The highest BCUT2D eigenvalue weighted by Gasteiger charge is 2.28. The fourth-order valence-corrected chi connectivity index (χ4v) is 6.20. The number of amides is 1. The number of hydrogen-bond donors (Lipinski definition) is 1. The molecule has 0 fully saturated rings. The second kappa shape index (κ2) is 9.14. The van der Waals surface area contributed by atoms with Crippen molar-refractivity contribution in [2.24, 2.45) is 0 Å². The summed E-state index contributed by atoms with van der Waals surface area (Å²) in [7, 11) is 2.05. The summed E-state index contributed by atoms with van der Waals surface area (Å²) in [5.74, 6) is 0.0805. The monoisotopic (exact) mass is 442 g/mol. The van der Waals surface area contributed by atoms with E-state index in [0.29, 0.717) is 12.5 Å². The third-order valence-electron chi connectivity index (χ3n) is 5.84. The molecule has 0 radical (unpaired) electrons. The molecule has 1 aromatic carbocycles. The smallest absolute Gasteiger partial charge is 0.226 e. The lowest BCUT2D eigenvalue weighted by molar-refractivity contribution is -0.116. The second-order valence-corrected chi connectivity index (χ2v) is 10.3. The van der Waals surface area contributed by atoms with E-state index in [-0.39, 0.29) is 5.91 Å². The van der Waals surface area contributed by atoms with Crippen LogP contribution in [0, 0.1) is 0 Å². The molecule has 0 saturated heterocycles. The SMILES string of the molecule is CCN(C)CCC(=O)Nc1sc2c(c1-c1nc3ccccc3s1)CCN(C(C)C)C2. The van der Waals surface area contributed by atoms with Crippen LogP contribution in [0.3, 0.4) is 0 Å². The summed E-state index contributed by atoms with van der Waals surface area (Å²) in [6.07, 6.45) is 1.51. The third-order valence-corrected chi connectivity index (χ3v) is 8.02. The number of fused-ring (bicyclic) bond motifs is 2. The highest BCUT2D eigenvalue weighted by atomic mass is 32.1. The van der Waals surface area contributed by atoms with Gasteiger partial charge in [0.15, 0.2) is 0 Å². The molecule has 0 bridgehead atoms. The molecular formula is C23H30N4OS2. The van der Waals surface area contributed by atoms with E-state index in [1.165, 1.54) is 15.1 Å². The Balaban J connectivity index is 1.68. The fraction of sp³-hybridized carbons (Fsp3) is 0.478. The molecular weight excluding hydrogens is 412 g/mol. The van der Waals surface area contributed by atoms with Gasteiger partial charge >= 0.3 is 0 Å². The Kier molecular flexibility index (Phi) is 6.53. The maximum atomic E-state index is 12.7. The van der Waals surface area contributed by atoms with E-state index in [0.717, 1.165) is 53.7 Å². The Morgan fingerprint density at radius 1 is 1.30 bits per heavy atom. The van der Waals surface area contributed by atoms with Gasteiger partial charge in [0.1, 0.15) is 10.0 Å². The Morgan fingerprint density at radius 3 is 2.83 bits per heavy atom. The van der Waals surface area contributed by atoms with Crippen molar-refractivity contribution in [3.8, 4) is 10.6 Å². The van der Waals surface area contributed by atoms with Gasteiger partial charge in [0.25, 0.3) is 0 Å². The molecule has 5 nitrogen and oxygen atoms in total. The lowest BCUT2D eigenvalue weighted by atomic mass is 10.0. The van der Waals surface area contributed by atoms with Gasteiger partial charge < -0.3 is 10.2 Å². The van der Waals surface area contributed by atoms with E-state index in [2.05, 4.69) is 54.1 Å². The largest absolute Gasteiger partial charge is 0.317 e. The minimum atomic E-state index is 0.0805. The normalized spacial score (nSPS) is 14.6. The highest BCUT2D eigenvalue weighted by molar-refractivity contribution is 7.22. The summed E-state index contributed by atoms with van der Waals surface area (Å²) in [6.45, 7) is 10.3. The molecule has 0 atom stereocenters. The molecule has 0 unspecified atom stereocenters. The first-order chi connectivity index (χ1) is 14.5. The van der Waals surface area contributed by atoms with Crippen LogP contribution in [0.2, 0.25) is 0 Å². The van der Waals surface area contributed by atoms with Crippen LogP contribution in [0.25, 0.3) is 20.8 Å². The van der Waals surface area contributed by atoms with E-state index in [1.807, 2.05) is 13.1 Å². The van der Waals surface area contributed by atoms with Crippen LogP contribution in [-0.4, -0.2) is 53.4 Å². The minimum absolute atomic E-state index is 0.0805. The first-order valence-electron chi connectivity index (χ1n) is 10.7. The number of benzene rings is 1. The molecule has 0 spiro atoms. The summed E-state index contributed by atoms with van der Waals surface area (Å²) in [5, 5.41) is 5.22. The Bertz CT molecular complexity index is 1010. The maximum absolute atomic E-state index is 12.7. The molecule has 3 aromatic rings. The summed E-state index contributed by atoms with van der Waals surface area (Å²) in [5.41, 5.74) is 3.55. The van der Waals surface area contributed by atoms with Crippen molar-refractivity contribution < 1.29 is 4.79 Å². The number of aromatic nitrogens is 1. The molecule has 4 rings (SSSR count). The molecule has 3 heterocycles. The Morgan fingerprint density at radius 2 is 2.10 bits per heavy atom. The highest BCUT2D eigenvalue weighted by Crippen LogP contribution is 2.45. The van der Waals surface area contributed by atoms with E-state index >= 15 is 0 Å². The van der Waals surface area contributed by atoms with E-state index in [9.17, 15) is 4.79 Å². The molecule has 160 valence electrons. The zero-order valence-corrected chi connectivity index (χ0v) is 19.8. The van der Waals surface area contributed by atoms with Crippen LogP contribution in [0.15, 0.2) is 24.3 Å². The van der Waals surface area contributed by atoms with Crippen molar-refractivity contribution in [2.45, 2.75) is 46.2 Å².